The highest BCUT2D eigenvalue weighted by Crippen LogP contribution is 2.35. The van der Waals surface area contributed by atoms with Crippen molar-refractivity contribution in [3.05, 3.63) is 108 Å². The van der Waals surface area contributed by atoms with Crippen molar-refractivity contribution in [2.75, 3.05) is 0 Å². The molecule has 0 spiro atoms. The average Bonchev–Trinajstić information content (AvgIpc) is 2.75. The van der Waals surface area contributed by atoms with Crippen LogP contribution in [-0.4, -0.2) is 11.4 Å². The molecule has 4 aromatic rings. The molecule has 0 aliphatic rings. The number of nitrogens with zero attached hydrogens (tertiary/aromatic N) is 2. The van der Waals surface area contributed by atoms with Crippen LogP contribution in [0.2, 0.25) is 0 Å². The van der Waals surface area contributed by atoms with E-state index in [0.29, 0.717) is 0 Å². The maximum atomic E-state index is 4.95. The van der Waals surface area contributed by atoms with E-state index in [2.05, 4.69) is 74.5 Å². The van der Waals surface area contributed by atoms with Crippen LogP contribution in [0.15, 0.2) is 107 Å². The topological polar surface area (TPSA) is 24.7 Å². The smallest absolute Gasteiger partial charge is 0.0733 e. The van der Waals surface area contributed by atoms with Crippen molar-refractivity contribution in [2.45, 2.75) is 13.8 Å². The standard InChI is InChI=1S/C26H22N2/c1-19(21-11-5-3-6-12-21)27-24-17-9-15-23-16-10-18-25(26(23)24)28-20(2)22-13-7-4-8-14-22/h3-18H,1-2H3. The van der Waals surface area contributed by atoms with Gasteiger partial charge >= 0.3 is 0 Å². The fourth-order valence-corrected chi connectivity index (χ4v) is 3.34. The SMILES string of the molecule is CC(=Nc1cccc2cccc(N=C(C)c3ccccc3)c12)c1ccccc1. The fourth-order valence-electron chi connectivity index (χ4n) is 3.34. The highest BCUT2D eigenvalue weighted by molar-refractivity contribution is 6.08. The highest BCUT2D eigenvalue weighted by Gasteiger charge is 2.07. The first-order valence-electron chi connectivity index (χ1n) is 9.45. The zero-order valence-electron chi connectivity index (χ0n) is 16.1. The Kier molecular flexibility index (Phi) is 5.11. The molecule has 4 aromatic carbocycles. The summed E-state index contributed by atoms with van der Waals surface area (Å²) in [6.45, 7) is 4.10. The molecular weight excluding hydrogens is 340 g/mol. The second-order valence-electron chi connectivity index (χ2n) is 6.78. The predicted octanol–water partition coefficient (Wildman–Crippen LogP) is 7.12. The molecule has 0 saturated carbocycles. The fraction of sp³-hybridized carbons (Fsp3) is 0.0769. The molecule has 4 rings (SSSR count). The summed E-state index contributed by atoms with van der Waals surface area (Å²) in [6, 6.07) is 33.0. The molecule has 0 aliphatic carbocycles. The lowest BCUT2D eigenvalue weighted by Gasteiger charge is -2.09. The van der Waals surface area contributed by atoms with Gasteiger partial charge in [-0.05, 0) is 42.5 Å². The zero-order chi connectivity index (χ0) is 19.3. The lowest BCUT2D eigenvalue weighted by molar-refractivity contribution is 1.47. The van der Waals surface area contributed by atoms with Gasteiger partial charge in [0.25, 0.3) is 0 Å². The van der Waals surface area contributed by atoms with Gasteiger partial charge in [-0.1, -0.05) is 84.9 Å². The third kappa shape index (κ3) is 3.77. The van der Waals surface area contributed by atoms with E-state index < -0.39 is 0 Å². The van der Waals surface area contributed by atoms with Gasteiger partial charge < -0.3 is 0 Å². The lowest BCUT2D eigenvalue weighted by atomic mass is 10.1. The number of hydrogen-bond acceptors (Lipinski definition) is 2. The summed E-state index contributed by atoms with van der Waals surface area (Å²) >= 11 is 0. The van der Waals surface area contributed by atoms with Crippen LogP contribution in [0.5, 0.6) is 0 Å². The lowest BCUT2D eigenvalue weighted by Crippen LogP contribution is -1.94. The Morgan fingerprint density at radius 3 is 1.36 bits per heavy atom. The van der Waals surface area contributed by atoms with Gasteiger partial charge in [0.1, 0.15) is 0 Å². The molecule has 28 heavy (non-hydrogen) atoms. The van der Waals surface area contributed by atoms with E-state index in [4.69, 9.17) is 9.98 Å². The number of aliphatic imine (C=N–C) groups is 2. The second-order valence-corrected chi connectivity index (χ2v) is 6.78. The van der Waals surface area contributed by atoms with E-state index in [1.807, 2.05) is 36.4 Å². The zero-order valence-corrected chi connectivity index (χ0v) is 16.1. The quantitative estimate of drug-likeness (QED) is 0.345. The molecule has 0 heterocycles. The van der Waals surface area contributed by atoms with Crippen LogP contribution >= 0.6 is 0 Å². The van der Waals surface area contributed by atoms with Crippen molar-refractivity contribution in [2.24, 2.45) is 9.98 Å². The molecule has 0 atom stereocenters. The van der Waals surface area contributed by atoms with Gasteiger partial charge in [0, 0.05) is 16.8 Å². The Morgan fingerprint density at radius 1 is 0.500 bits per heavy atom. The number of rotatable bonds is 4. The molecule has 0 saturated heterocycles. The van der Waals surface area contributed by atoms with E-state index in [1.165, 1.54) is 0 Å². The van der Waals surface area contributed by atoms with Gasteiger partial charge in [-0.15, -0.1) is 0 Å². The molecule has 0 aromatic heterocycles. The molecule has 2 heteroatoms. The summed E-state index contributed by atoms with van der Waals surface area (Å²) in [7, 11) is 0. The van der Waals surface area contributed by atoms with Crippen molar-refractivity contribution in [3.8, 4) is 0 Å². The van der Waals surface area contributed by atoms with Gasteiger partial charge in [0.05, 0.1) is 11.4 Å². The first kappa shape index (κ1) is 17.9. The van der Waals surface area contributed by atoms with E-state index in [-0.39, 0.29) is 0 Å². The van der Waals surface area contributed by atoms with Crippen molar-refractivity contribution >= 4 is 33.6 Å². The first-order valence-corrected chi connectivity index (χ1v) is 9.45. The van der Waals surface area contributed by atoms with Crippen LogP contribution in [-0.2, 0) is 0 Å². The minimum Gasteiger partial charge on any atom is -0.252 e. The minimum absolute atomic E-state index is 0.944. The molecule has 0 N–H and O–H groups in total. The Balaban J connectivity index is 1.86. The first-order chi connectivity index (χ1) is 13.7. The van der Waals surface area contributed by atoms with Crippen molar-refractivity contribution < 1.29 is 0 Å². The summed E-state index contributed by atoms with van der Waals surface area (Å²) in [5.41, 5.74) is 6.12. The predicted molar refractivity (Wildman–Crippen MR) is 121 cm³/mol. The van der Waals surface area contributed by atoms with Crippen LogP contribution in [0, 0.1) is 0 Å². The molecule has 0 bridgehead atoms. The van der Waals surface area contributed by atoms with Crippen LogP contribution in [0.25, 0.3) is 10.8 Å². The highest BCUT2D eigenvalue weighted by atomic mass is 14.8. The van der Waals surface area contributed by atoms with Crippen LogP contribution < -0.4 is 0 Å². The van der Waals surface area contributed by atoms with Crippen LogP contribution in [0.3, 0.4) is 0 Å². The van der Waals surface area contributed by atoms with Gasteiger partial charge in [-0.3, -0.25) is 9.98 Å². The minimum atomic E-state index is 0.944. The maximum Gasteiger partial charge on any atom is 0.0733 e. The Hall–Kier alpha value is -3.52. The average molecular weight is 362 g/mol. The van der Waals surface area contributed by atoms with Gasteiger partial charge in [0.2, 0.25) is 0 Å². The van der Waals surface area contributed by atoms with Gasteiger partial charge in [-0.25, -0.2) is 0 Å². The Bertz CT molecular complexity index is 1070. The van der Waals surface area contributed by atoms with Crippen molar-refractivity contribution in [1.29, 1.82) is 0 Å². The summed E-state index contributed by atoms with van der Waals surface area (Å²) in [4.78, 5) is 9.89. The summed E-state index contributed by atoms with van der Waals surface area (Å²) < 4.78 is 0. The summed E-state index contributed by atoms with van der Waals surface area (Å²) in [5, 5.41) is 2.22. The molecule has 0 aliphatic heterocycles. The monoisotopic (exact) mass is 362 g/mol. The van der Waals surface area contributed by atoms with E-state index >= 15 is 0 Å². The Morgan fingerprint density at radius 2 is 0.929 bits per heavy atom. The third-order valence-electron chi connectivity index (χ3n) is 4.82. The van der Waals surface area contributed by atoms with Gasteiger partial charge in [-0.2, -0.15) is 0 Å². The molecule has 136 valence electrons. The largest absolute Gasteiger partial charge is 0.252 e. The number of benzene rings is 4. The van der Waals surface area contributed by atoms with E-state index in [0.717, 1.165) is 44.7 Å². The van der Waals surface area contributed by atoms with E-state index in [1.54, 1.807) is 0 Å². The van der Waals surface area contributed by atoms with E-state index in [9.17, 15) is 0 Å². The maximum absolute atomic E-state index is 4.95. The number of fused-ring (bicyclic) bond motifs is 1. The second kappa shape index (κ2) is 8.01. The number of hydrogen-bond donors (Lipinski definition) is 0. The van der Waals surface area contributed by atoms with Crippen LogP contribution in [0.4, 0.5) is 11.4 Å². The molecule has 0 unspecified atom stereocenters. The normalized spacial score (nSPS) is 12.4. The third-order valence-corrected chi connectivity index (χ3v) is 4.82. The van der Waals surface area contributed by atoms with Crippen molar-refractivity contribution in [3.63, 3.8) is 0 Å². The molecule has 0 fully saturated rings. The molecule has 0 amide bonds. The molecule has 0 radical (unpaired) electrons. The van der Waals surface area contributed by atoms with Crippen LogP contribution in [0.1, 0.15) is 25.0 Å². The van der Waals surface area contributed by atoms with Crippen molar-refractivity contribution in [1.82, 2.24) is 0 Å². The molecule has 2 nitrogen and oxygen atoms in total. The molecular formula is C26H22N2. The Labute approximate surface area is 165 Å². The summed E-state index contributed by atoms with van der Waals surface area (Å²) in [5.74, 6) is 0. The van der Waals surface area contributed by atoms with Gasteiger partial charge in [0.15, 0.2) is 0 Å². The summed E-state index contributed by atoms with van der Waals surface area (Å²) in [6.07, 6.45) is 0.